The van der Waals surface area contributed by atoms with E-state index in [-0.39, 0.29) is 5.56 Å². The Balaban J connectivity index is 2.05. The number of hydrogen-bond acceptors (Lipinski definition) is 3. The summed E-state index contributed by atoms with van der Waals surface area (Å²) in [6, 6.07) is 11.5. The number of ether oxygens (including phenoxy) is 1. The van der Waals surface area contributed by atoms with Gasteiger partial charge >= 0.3 is 5.97 Å². The summed E-state index contributed by atoms with van der Waals surface area (Å²) in [5, 5.41) is 8.80. The molecule has 0 aromatic heterocycles. The lowest BCUT2D eigenvalue weighted by atomic mass is 10.1. The monoisotopic (exact) mass is 334 g/mol. The van der Waals surface area contributed by atoms with Crippen molar-refractivity contribution < 1.29 is 19.4 Å². The molecular formula is C15H11BrO4. The fourth-order valence-corrected chi connectivity index (χ4v) is 2.12. The van der Waals surface area contributed by atoms with Crippen molar-refractivity contribution in [3.8, 4) is 5.75 Å². The van der Waals surface area contributed by atoms with E-state index in [1.165, 1.54) is 12.1 Å². The van der Waals surface area contributed by atoms with Crippen LogP contribution in [0, 0.1) is 0 Å². The summed E-state index contributed by atoms with van der Waals surface area (Å²) in [6.07, 6.45) is 0.763. The summed E-state index contributed by atoms with van der Waals surface area (Å²) in [5.41, 5.74) is 1.67. The molecule has 5 heteroatoms. The fourth-order valence-electron chi connectivity index (χ4n) is 1.61. The molecule has 0 amide bonds. The Kier molecular flexibility index (Phi) is 4.53. The molecule has 0 heterocycles. The number of rotatable bonds is 5. The molecule has 0 aliphatic heterocycles. The normalized spacial score (nSPS) is 10.1. The first-order valence-corrected chi connectivity index (χ1v) is 6.59. The third-order valence-electron chi connectivity index (χ3n) is 2.69. The van der Waals surface area contributed by atoms with Crippen molar-refractivity contribution in [2.24, 2.45) is 0 Å². The van der Waals surface area contributed by atoms with Crippen molar-refractivity contribution in [3.63, 3.8) is 0 Å². The van der Waals surface area contributed by atoms with Crippen LogP contribution >= 0.6 is 15.9 Å². The minimum atomic E-state index is -0.954. The summed E-state index contributed by atoms with van der Waals surface area (Å²) in [7, 11) is 0. The molecule has 0 unspecified atom stereocenters. The number of carbonyl (C=O) groups excluding carboxylic acids is 1. The molecule has 0 spiro atoms. The number of halogens is 1. The van der Waals surface area contributed by atoms with Crippen LogP contribution in [0.3, 0.4) is 0 Å². The van der Waals surface area contributed by atoms with Crippen LogP contribution in [-0.4, -0.2) is 17.4 Å². The molecule has 0 aliphatic carbocycles. The second-order valence-corrected chi connectivity index (χ2v) is 4.95. The van der Waals surface area contributed by atoms with Crippen molar-refractivity contribution in [3.05, 3.63) is 63.6 Å². The van der Waals surface area contributed by atoms with Gasteiger partial charge in [0.1, 0.15) is 18.6 Å². The first-order chi connectivity index (χ1) is 9.60. The Morgan fingerprint density at radius 1 is 1.20 bits per heavy atom. The summed E-state index contributed by atoms with van der Waals surface area (Å²) in [4.78, 5) is 21.4. The van der Waals surface area contributed by atoms with Gasteiger partial charge in [-0.3, -0.25) is 4.79 Å². The lowest BCUT2D eigenvalue weighted by molar-refractivity contribution is 0.0696. The zero-order valence-corrected chi connectivity index (χ0v) is 12.0. The average Bonchev–Trinajstić information content (AvgIpc) is 2.46. The van der Waals surface area contributed by atoms with E-state index >= 15 is 0 Å². The molecule has 102 valence electrons. The van der Waals surface area contributed by atoms with E-state index < -0.39 is 5.97 Å². The second-order valence-electron chi connectivity index (χ2n) is 4.10. The Labute approximate surface area is 124 Å². The first kappa shape index (κ1) is 14.3. The minimum absolute atomic E-state index is 0.241. The molecule has 2 aromatic carbocycles. The van der Waals surface area contributed by atoms with E-state index in [9.17, 15) is 9.59 Å². The van der Waals surface area contributed by atoms with Gasteiger partial charge in [-0.25, -0.2) is 4.79 Å². The average molecular weight is 335 g/mol. The third-order valence-corrected chi connectivity index (χ3v) is 3.31. The highest BCUT2D eigenvalue weighted by atomic mass is 79.9. The van der Waals surface area contributed by atoms with Crippen molar-refractivity contribution >= 4 is 28.2 Å². The third kappa shape index (κ3) is 3.45. The molecule has 2 aromatic rings. The smallest absolute Gasteiger partial charge is 0.335 e. The fraction of sp³-hybridized carbons (Fsp3) is 0.0667. The molecule has 1 N–H and O–H groups in total. The molecule has 2 rings (SSSR count). The van der Waals surface area contributed by atoms with Crippen molar-refractivity contribution in [2.75, 3.05) is 0 Å². The molecule has 0 fully saturated rings. The lowest BCUT2D eigenvalue weighted by Crippen LogP contribution is -1.99. The van der Waals surface area contributed by atoms with Crippen molar-refractivity contribution in [1.29, 1.82) is 0 Å². The van der Waals surface area contributed by atoms with Crippen LogP contribution < -0.4 is 4.74 Å². The quantitative estimate of drug-likeness (QED) is 0.849. The molecule has 0 saturated heterocycles. The largest absolute Gasteiger partial charge is 0.488 e. The maximum atomic E-state index is 10.7. The van der Waals surface area contributed by atoms with Crippen molar-refractivity contribution in [1.82, 2.24) is 0 Å². The predicted molar refractivity (Wildman–Crippen MR) is 77.3 cm³/mol. The molecule has 4 nitrogen and oxygen atoms in total. The van der Waals surface area contributed by atoms with E-state index in [4.69, 9.17) is 9.84 Å². The molecular weight excluding hydrogens is 324 g/mol. The van der Waals surface area contributed by atoms with Gasteiger partial charge in [0.05, 0.1) is 10.0 Å². The summed E-state index contributed by atoms with van der Waals surface area (Å²) >= 11 is 3.33. The molecule has 0 atom stereocenters. The van der Waals surface area contributed by atoms with Gasteiger partial charge in [-0.2, -0.15) is 0 Å². The SMILES string of the molecule is O=Cc1ccc(OCc2ccc(C(=O)O)cc2)c(Br)c1. The number of hydrogen-bond donors (Lipinski definition) is 1. The van der Waals surface area contributed by atoms with Crippen LogP contribution in [-0.2, 0) is 6.61 Å². The number of benzene rings is 2. The summed E-state index contributed by atoms with van der Waals surface area (Å²) < 4.78 is 6.31. The topological polar surface area (TPSA) is 63.6 Å². The minimum Gasteiger partial charge on any atom is -0.488 e. The van der Waals surface area contributed by atoms with E-state index in [1.54, 1.807) is 30.3 Å². The molecule has 0 bridgehead atoms. The Hall–Kier alpha value is -2.14. The van der Waals surface area contributed by atoms with Crippen LogP contribution in [0.15, 0.2) is 46.9 Å². The number of aldehydes is 1. The highest BCUT2D eigenvalue weighted by molar-refractivity contribution is 9.10. The van der Waals surface area contributed by atoms with Gasteiger partial charge in [-0.05, 0) is 51.8 Å². The van der Waals surface area contributed by atoms with E-state index in [0.717, 1.165) is 11.8 Å². The van der Waals surface area contributed by atoms with Crippen LogP contribution in [0.4, 0.5) is 0 Å². The van der Waals surface area contributed by atoms with Gasteiger partial charge in [-0.1, -0.05) is 12.1 Å². The van der Waals surface area contributed by atoms with Crippen LogP contribution in [0.25, 0.3) is 0 Å². The standard InChI is InChI=1S/C15H11BrO4/c16-13-7-11(8-17)3-6-14(13)20-9-10-1-4-12(5-2-10)15(18)19/h1-8H,9H2,(H,18,19). The van der Waals surface area contributed by atoms with Gasteiger partial charge in [0.2, 0.25) is 0 Å². The van der Waals surface area contributed by atoms with E-state index in [1.807, 2.05) is 0 Å². The van der Waals surface area contributed by atoms with Gasteiger partial charge in [0.15, 0.2) is 0 Å². The maximum Gasteiger partial charge on any atom is 0.335 e. The second kappa shape index (κ2) is 6.34. The van der Waals surface area contributed by atoms with Crippen molar-refractivity contribution in [2.45, 2.75) is 6.61 Å². The molecule has 0 radical (unpaired) electrons. The number of carboxylic acid groups (broad SMARTS) is 1. The Bertz CT molecular complexity index is 635. The zero-order valence-electron chi connectivity index (χ0n) is 10.4. The number of carbonyl (C=O) groups is 2. The summed E-state index contributed by atoms with van der Waals surface area (Å²) in [6.45, 7) is 0.318. The number of carboxylic acids is 1. The first-order valence-electron chi connectivity index (χ1n) is 5.80. The number of aromatic carboxylic acids is 1. The maximum absolute atomic E-state index is 10.7. The van der Waals surface area contributed by atoms with Gasteiger partial charge in [0.25, 0.3) is 0 Å². The van der Waals surface area contributed by atoms with Gasteiger partial charge < -0.3 is 9.84 Å². The van der Waals surface area contributed by atoms with Gasteiger partial charge in [-0.15, -0.1) is 0 Å². The zero-order chi connectivity index (χ0) is 14.5. The van der Waals surface area contributed by atoms with Crippen LogP contribution in [0.2, 0.25) is 0 Å². The summed E-state index contributed by atoms with van der Waals surface area (Å²) in [5.74, 6) is -0.331. The Morgan fingerprint density at radius 3 is 2.45 bits per heavy atom. The molecule has 0 saturated carbocycles. The highest BCUT2D eigenvalue weighted by Gasteiger charge is 2.05. The van der Waals surface area contributed by atoms with Gasteiger partial charge in [0, 0.05) is 5.56 Å². The highest BCUT2D eigenvalue weighted by Crippen LogP contribution is 2.26. The molecule has 0 aliphatic rings. The predicted octanol–water partition coefficient (Wildman–Crippen LogP) is 3.54. The molecule has 20 heavy (non-hydrogen) atoms. The Morgan fingerprint density at radius 2 is 1.90 bits per heavy atom. The van der Waals surface area contributed by atoms with Crippen LogP contribution in [0.5, 0.6) is 5.75 Å². The van der Waals surface area contributed by atoms with E-state index in [0.29, 0.717) is 22.4 Å². The lowest BCUT2D eigenvalue weighted by Gasteiger charge is -2.08. The van der Waals surface area contributed by atoms with E-state index in [2.05, 4.69) is 15.9 Å². The van der Waals surface area contributed by atoms with Crippen LogP contribution in [0.1, 0.15) is 26.3 Å².